The van der Waals surface area contributed by atoms with Crippen LogP contribution in [0.1, 0.15) is 57.2 Å². The number of nitrogens with one attached hydrogen (secondary N) is 2. The van der Waals surface area contributed by atoms with Crippen molar-refractivity contribution in [2.45, 2.75) is 58.0 Å². The first kappa shape index (κ1) is 17.0. The number of nitrogens with zero attached hydrogens (tertiary/aromatic N) is 3. The van der Waals surface area contributed by atoms with Gasteiger partial charge in [-0.3, -0.25) is 9.69 Å². The molecule has 1 aromatic rings. The van der Waals surface area contributed by atoms with Crippen molar-refractivity contribution in [3.63, 3.8) is 0 Å². The average Bonchev–Trinajstić information content (AvgIpc) is 3.34. The van der Waals surface area contributed by atoms with Crippen LogP contribution in [0.15, 0.2) is 4.52 Å². The molecular formula is C18H29N5O2. The molecule has 2 saturated heterocycles. The third-order valence-corrected chi connectivity index (χ3v) is 6.25. The summed E-state index contributed by atoms with van der Waals surface area (Å²) in [6.45, 7) is 8.00. The van der Waals surface area contributed by atoms with E-state index in [0.29, 0.717) is 30.2 Å². The molecule has 2 aliphatic heterocycles. The Bertz CT molecular complexity index is 625. The zero-order chi connectivity index (χ0) is 17.4. The largest absolute Gasteiger partial charge is 0.346 e. The molecule has 0 radical (unpaired) electrons. The number of carbonyl (C=O) groups excluding carboxylic acids is 1. The molecule has 0 bridgehead atoms. The molecule has 1 aromatic heterocycles. The standard InChI is InChI=1S/C18H29N5O2/c1-12(2)16-21-15(25-22-16)8-20-17(24)18-10-19-7-13(18)9-23(11-18)14-5-3-4-6-14/h12-14,19H,3-11H2,1-2H3,(H,20,24)/t13-,18-/m0/s1. The van der Waals surface area contributed by atoms with Crippen LogP contribution in [0.5, 0.6) is 0 Å². The summed E-state index contributed by atoms with van der Waals surface area (Å²) in [6.07, 6.45) is 5.24. The van der Waals surface area contributed by atoms with Gasteiger partial charge in [0.25, 0.3) is 0 Å². The lowest BCUT2D eigenvalue weighted by atomic mass is 9.80. The van der Waals surface area contributed by atoms with Crippen molar-refractivity contribution in [2.24, 2.45) is 11.3 Å². The van der Waals surface area contributed by atoms with Crippen LogP contribution in [0.3, 0.4) is 0 Å². The number of hydrogen-bond acceptors (Lipinski definition) is 6. The molecule has 7 heteroatoms. The summed E-state index contributed by atoms with van der Waals surface area (Å²) in [4.78, 5) is 20.0. The first-order valence-electron chi connectivity index (χ1n) is 9.64. The van der Waals surface area contributed by atoms with Crippen molar-refractivity contribution >= 4 is 5.91 Å². The van der Waals surface area contributed by atoms with Crippen LogP contribution in [-0.2, 0) is 11.3 Å². The minimum atomic E-state index is -0.302. The van der Waals surface area contributed by atoms with Gasteiger partial charge >= 0.3 is 0 Å². The van der Waals surface area contributed by atoms with Crippen molar-refractivity contribution < 1.29 is 9.32 Å². The van der Waals surface area contributed by atoms with Gasteiger partial charge in [0.2, 0.25) is 11.8 Å². The van der Waals surface area contributed by atoms with Crippen LogP contribution in [-0.4, -0.2) is 53.2 Å². The minimum absolute atomic E-state index is 0.132. The molecule has 138 valence electrons. The Morgan fingerprint density at radius 2 is 2.24 bits per heavy atom. The van der Waals surface area contributed by atoms with E-state index in [2.05, 4.69) is 25.7 Å². The SMILES string of the molecule is CC(C)c1noc(CNC(=O)[C@]23CNC[C@H]2CN(C2CCCC2)C3)n1. The number of likely N-dealkylation sites (tertiary alicyclic amines) is 1. The van der Waals surface area contributed by atoms with E-state index in [-0.39, 0.29) is 17.2 Å². The fraction of sp³-hybridized carbons (Fsp3) is 0.833. The molecule has 1 amide bonds. The van der Waals surface area contributed by atoms with Crippen molar-refractivity contribution in [3.05, 3.63) is 11.7 Å². The Balaban J connectivity index is 1.40. The highest BCUT2D eigenvalue weighted by atomic mass is 16.5. The highest BCUT2D eigenvalue weighted by Gasteiger charge is 2.55. The Labute approximate surface area is 148 Å². The molecule has 3 aliphatic rings. The second kappa shape index (κ2) is 6.68. The highest BCUT2D eigenvalue weighted by Crippen LogP contribution is 2.42. The Morgan fingerprint density at radius 1 is 1.44 bits per heavy atom. The summed E-state index contributed by atoms with van der Waals surface area (Å²) in [5.74, 6) is 1.94. The van der Waals surface area contributed by atoms with Gasteiger partial charge in [0, 0.05) is 44.1 Å². The molecule has 7 nitrogen and oxygen atoms in total. The molecule has 1 aliphatic carbocycles. The topological polar surface area (TPSA) is 83.3 Å². The van der Waals surface area contributed by atoms with E-state index in [0.717, 1.165) is 26.2 Å². The predicted octanol–water partition coefficient (Wildman–Crippen LogP) is 1.27. The molecule has 0 aromatic carbocycles. The molecule has 2 atom stereocenters. The second-order valence-corrected chi connectivity index (χ2v) is 8.24. The zero-order valence-electron chi connectivity index (χ0n) is 15.3. The van der Waals surface area contributed by atoms with Crippen molar-refractivity contribution in [3.8, 4) is 0 Å². The van der Waals surface area contributed by atoms with Crippen molar-refractivity contribution in [1.82, 2.24) is 25.7 Å². The van der Waals surface area contributed by atoms with Gasteiger partial charge in [-0.05, 0) is 12.8 Å². The maximum absolute atomic E-state index is 13.1. The van der Waals surface area contributed by atoms with Crippen LogP contribution >= 0.6 is 0 Å². The van der Waals surface area contributed by atoms with Gasteiger partial charge in [0.05, 0.1) is 12.0 Å². The molecule has 1 saturated carbocycles. The van der Waals surface area contributed by atoms with Crippen molar-refractivity contribution in [1.29, 1.82) is 0 Å². The maximum Gasteiger partial charge on any atom is 0.246 e. The Morgan fingerprint density at radius 3 is 2.96 bits per heavy atom. The summed E-state index contributed by atoms with van der Waals surface area (Å²) in [5, 5.41) is 10.5. The van der Waals surface area contributed by atoms with E-state index in [4.69, 9.17) is 4.52 Å². The molecule has 0 spiro atoms. The van der Waals surface area contributed by atoms with Gasteiger partial charge in [-0.1, -0.05) is 31.8 Å². The van der Waals surface area contributed by atoms with E-state index < -0.39 is 0 Å². The molecule has 0 unspecified atom stereocenters. The van der Waals surface area contributed by atoms with Crippen LogP contribution in [0, 0.1) is 11.3 Å². The van der Waals surface area contributed by atoms with Gasteiger partial charge in [-0.15, -0.1) is 0 Å². The summed E-state index contributed by atoms with van der Waals surface area (Å²) < 4.78 is 5.25. The second-order valence-electron chi connectivity index (χ2n) is 8.24. The third-order valence-electron chi connectivity index (χ3n) is 6.25. The van der Waals surface area contributed by atoms with Crippen LogP contribution in [0.25, 0.3) is 0 Å². The van der Waals surface area contributed by atoms with E-state index in [1.807, 2.05) is 13.8 Å². The molecule has 25 heavy (non-hydrogen) atoms. The van der Waals surface area contributed by atoms with Gasteiger partial charge < -0.3 is 15.2 Å². The molecule has 3 heterocycles. The number of hydrogen-bond donors (Lipinski definition) is 2. The van der Waals surface area contributed by atoms with Crippen LogP contribution in [0.2, 0.25) is 0 Å². The average molecular weight is 347 g/mol. The van der Waals surface area contributed by atoms with E-state index in [1.54, 1.807) is 0 Å². The highest BCUT2D eigenvalue weighted by molar-refractivity contribution is 5.84. The number of fused-ring (bicyclic) bond motifs is 1. The first-order chi connectivity index (χ1) is 12.1. The van der Waals surface area contributed by atoms with Crippen molar-refractivity contribution in [2.75, 3.05) is 26.2 Å². The molecule has 4 rings (SSSR count). The van der Waals surface area contributed by atoms with Crippen LogP contribution < -0.4 is 10.6 Å². The van der Waals surface area contributed by atoms with E-state index in [9.17, 15) is 4.79 Å². The number of rotatable bonds is 5. The van der Waals surface area contributed by atoms with E-state index >= 15 is 0 Å². The van der Waals surface area contributed by atoms with Gasteiger partial charge in [-0.25, -0.2) is 0 Å². The summed E-state index contributed by atoms with van der Waals surface area (Å²) in [5.41, 5.74) is -0.302. The Hall–Kier alpha value is -1.47. The van der Waals surface area contributed by atoms with E-state index in [1.165, 1.54) is 25.7 Å². The zero-order valence-corrected chi connectivity index (χ0v) is 15.3. The molecule has 2 N–H and O–H groups in total. The molecular weight excluding hydrogens is 318 g/mol. The van der Waals surface area contributed by atoms with Gasteiger partial charge in [-0.2, -0.15) is 4.98 Å². The molecule has 3 fully saturated rings. The fourth-order valence-electron chi connectivity index (χ4n) is 4.73. The normalized spacial score (nSPS) is 30.3. The Kier molecular flexibility index (Phi) is 4.54. The lowest BCUT2D eigenvalue weighted by Crippen LogP contribution is -2.47. The minimum Gasteiger partial charge on any atom is -0.346 e. The van der Waals surface area contributed by atoms with Crippen LogP contribution in [0.4, 0.5) is 0 Å². The van der Waals surface area contributed by atoms with Gasteiger partial charge in [0.15, 0.2) is 5.82 Å². The summed E-state index contributed by atoms with van der Waals surface area (Å²) in [7, 11) is 0. The lowest BCUT2D eigenvalue weighted by Gasteiger charge is -2.28. The number of carbonyl (C=O) groups is 1. The predicted molar refractivity (Wildman–Crippen MR) is 92.9 cm³/mol. The fourth-order valence-corrected chi connectivity index (χ4v) is 4.73. The third kappa shape index (κ3) is 3.08. The number of amides is 1. The lowest BCUT2D eigenvalue weighted by molar-refractivity contribution is -0.131. The smallest absolute Gasteiger partial charge is 0.246 e. The maximum atomic E-state index is 13.1. The van der Waals surface area contributed by atoms with Gasteiger partial charge in [0.1, 0.15) is 0 Å². The summed E-state index contributed by atoms with van der Waals surface area (Å²) >= 11 is 0. The quantitative estimate of drug-likeness (QED) is 0.835. The monoisotopic (exact) mass is 347 g/mol. The number of aromatic nitrogens is 2. The summed E-state index contributed by atoms with van der Waals surface area (Å²) in [6, 6.07) is 0.680. The first-order valence-corrected chi connectivity index (χ1v) is 9.64.